The topological polar surface area (TPSA) is 179 Å². The van der Waals surface area contributed by atoms with Gasteiger partial charge in [-0.15, -0.1) is 0 Å². The first-order valence-electron chi connectivity index (χ1n) is 27.7. The number of amides is 6. The summed E-state index contributed by atoms with van der Waals surface area (Å²) < 4.78 is 1.27. The number of urea groups is 2. The van der Waals surface area contributed by atoms with Gasteiger partial charge < -0.3 is 4.90 Å². The number of para-hydroxylation sites is 2. The fourth-order valence-corrected chi connectivity index (χ4v) is 13.6. The Balaban J connectivity index is 0.956. The molecule has 1 saturated heterocycles. The normalized spacial score (nSPS) is 14.8. The molecule has 79 heavy (non-hydrogen) atoms. The Morgan fingerprint density at radius 3 is 2.03 bits per heavy atom. The van der Waals surface area contributed by atoms with Gasteiger partial charge in [-0.3, -0.25) is 4.90 Å². The molecule has 3 heterocycles. The van der Waals surface area contributed by atoms with Crippen LogP contribution in [0, 0.1) is 3.57 Å². The summed E-state index contributed by atoms with van der Waals surface area (Å²) in [4.78, 5) is 67.9. The summed E-state index contributed by atoms with van der Waals surface area (Å²) in [7, 11) is 0. The van der Waals surface area contributed by atoms with Gasteiger partial charge in [-0.25, -0.2) is 0 Å². The number of halogens is 3. The molecule has 14 nitrogen and oxygen atoms in total. The number of piperidine rings is 1. The quantitative estimate of drug-likeness (QED) is 0.0221. The number of aromatic amines is 2. The number of carbonyl (C=O) groups is 4. The summed E-state index contributed by atoms with van der Waals surface area (Å²) in [5, 5.41) is 21.3. The molecule has 6 amide bonds. The molecule has 7 aromatic rings. The van der Waals surface area contributed by atoms with Crippen molar-refractivity contribution >= 4 is 80.3 Å². The van der Waals surface area contributed by atoms with Crippen LogP contribution in [0.3, 0.4) is 0 Å². The molecule has 1 fully saturated rings. The molecule has 4 unspecified atom stereocenters. The van der Waals surface area contributed by atoms with Crippen LogP contribution in [-0.4, -0.2) is 101 Å². The minimum absolute atomic E-state index is 0.00279. The molecule has 2 aromatic heterocycles. The van der Waals surface area contributed by atoms with Gasteiger partial charge in [0.1, 0.15) is 0 Å². The van der Waals surface area contributed by atoms with Gasteiger partial charge in [0.25, 0.3) is 0 Å². The maximum absolute atomic E-state index is 14.4. The number of hydrogen-bond donors (Lipinski definition) is 8. The number of fused-ring (bicyclic) bond motifs is 2. The number of benzene rings is 5. The molecule has 4 atom stereocenters. The van der Waals surface area contributed by atoms with Crippen molar-refractivity contribution in [2.24, 2.45) is 0 Å². The minimum atomic E-state index is -0.887. The summed E-state index contributed by atoms with van der Waals surface area (Å²) in [5.41, 5.74) is 8.27. The van der Waals surface area contributed by atoms with Crippen molar-refractivity contribution in [3.05, 3.63) is 163 Å². The Morgan fingerprint density at radius 1 is 0.684 bits per heavy atom. The number of likely N-dealkylation sites (tertiary alicyclic amines) is 1. The van der Waals surface area contributed by atoms with Crippen molar-refractivity contribution in [3.8, 4) is 0 Å². The first-order valence-corrected chi connectivity index (χ1v) is 30.8. The first kappa shape index (κ1) is 59.0. The van der Waals surface area contributed by atoms with Crippen molar-refractivity contribution in [2.75, 3.05) is 43.4 Å². The van der Waals surface area contributed by atoms with Crippen LogP contribution in [0.2, 0.25) is 10.0 Å². The van der Waals surface area contributed by atoms with E-state index in [-0.39, 0.29) is 40.2 Å². The molecule has 8 rings (SSSR count). The Morgan fingerprint density at radius 2 is 1.33 bits per heavy atom. The predicted molar refractivity (Wildman–Crippen MR) is 318 cm³/mol. The van der Waals surface area contributed by atoms with Crippen LogP contribution in [0.1, 0.15) is 105 Å². The fourth-order valence-electron chi connectivity index (χ4n) is 10.5. The van der Waals surface area contributed by atoms with Crippen LogP contribution in [0.5, 0.6) is 0 Å². The number of H-pyrrole nitrogens is 2. The van der Waals surface area contributed by atoms with Crippen LogP contribution < -0.4 is 53.1 Å². The zero-order chi connectivity index (χ0) is 56.0. The monoisotopic (exact) mass is 1220 g/mol. The molecule has 5 aromatic carbocycles. The van der Waals surface area contributed by atoms with E-state index in [0.717, 1.165) is 115 Å². The van der Waals surface area contributed by atoms with E-state index in [1.807, 2.05) is 49.6 Å². The van der Waals surface area contributed by atoms with Gasteiger partial charge in [0.15, 0.2) is 0 Å². The van der Waals surface area contributed by atoms with Gasteiger partial charge in [-0.1, -0.05) is 73.4 Å². The van der Waals surface area contributed by atoms with Gasteiger partial charge >= 0.3 is 358 Å². The standard InChI is InChI=1S/C62H76Cl2IN10O4/c1-7-74(8-2)29-15-16-40(5)68-59(76)56(71-61(78)70-47-24-26-52(63)53(64)35-47)33-44-37-67-55-34-45(23-25-51(44)55)65-41(6)49-21-14-20-48(39(3)4)58(49)73-62(79)72-57(32-43-36-66-54-22-13-12-19-50(43)54)60(77)69-46-27-30-75(31-28-46)38-42-17-10-9-11-18-42/h9-14,17-26,34-37,39-41,46,56-57,66-67H,7-8,15-16,27-33,38H2,1-6H3,(H,68,76)(H,69,77)(H2,70,71,78)(H2,72,73,79)/q-1. The van der Waals surface area contributed by atoms with Gasteiger partial charge in [0.05, 0.1) is 10.0 Å². The number of rotatable bonds is 24. The van der Waals surface area contributed by atoms with Crippen molar-refractivity contribution in [1.29, 1.82) is 0 Å². The summed E-state index contributed by atoms with van der Waals surface area (Å²) >= 11 is 11.7. The van der Waals surface area contributed by atoms with Crippen molar-refractivity contribution in [3.63, 3.8) is 0 Å². The average molecular weight is 1220 g/mol. The summed E-state index contributed by atoms with van der Waals surface area (Å²) in [6.45, 7) is 18.3. The average Bonchev–Trinajstić information content (AvgIpc) is 4.16. The minimum Gasteiger partial charge on any atom is -0.0827 e. The van der Waals surface area contributed by atoms with Gasteiger partial charge in [-0.05, 0) is 31.3 Å². The smallest absolute Gasteiger partial charge is 0.0827 e. The van der Waals surface area contributed by atoms with Crippen LogP contribution in [0.25, 0.3) is 21.8 Å². The fraction of sp³-hybridized carbons (Fsp3) is 0.387. The molecular weight excluding hydrogens is 1150 g/mol. The number of nitrogens with one attached hydrogen (secondary N) is 8. The summed E-state index contributed by atoms with van der Waals surface area (Å²) in [6.07, 6.45) is 7.80. The molecule has 1 aliphatic rings. The Hall–Kier alpha value is -6.11. The second kappa shape index (κ2) is 28.3. The molecule has 8 N–H and O–H groups in total. The SMILES string of the molecule is CCN(CC)CCCC(C)NC(=O)C(Cc1c[nH]c2cc([I-]C(C)c3cccc(C(C)C)c3NC(=O)NC(Cc3c[nH]c4ccccc34)C(=O)NC3CCN(Cc4ccccc4)CC3)ccc12)NC(=O)Nc1ccc(Cl)c(Cl)c1. The van der Waals surface area contributed by atoms with Crippen molar-refractivity contribution in [2.45, 2.75) is 121 Å². The number of carbonyl (C=O) groups excluding carboxylic acids is 4. The van der Waals surface area contributed by atoms with E-state index in [0.29, 0.717) is 22.2 Å². The van der Waals surface area contributed by atoms with Gasteiger partial charge in [-0.2, -0.15) is 0 Å². The third-order valence-corrected chi connectivity index (χ3v) is 18.7. The van der Waals surface area contributed by atoms with E-state index in [2.05, 4.69) is 147 Å². The number of nitrogens with zero attached hydrogens (tertiary/aromatic N) is 2. The van der Waals surface area contributed by atoms with E-state index in [1.165, 1.54) is 9.13 Å². The zero-order valence-electron chi connectivity index (χ0n) is 46.2. The Bertz CT molecular complexity index is 3170. The van der Waals surface area contributed by atoms with Gasteiger partial charge in [0.2, 0.25) is 0 Å². The first-order chi connectivity index (χ1) is 38.1. The molecular formula is C62H76Cl2IN10O4-. The van der Waals surface area contributed by atoms with Crippen LogP contribution in [0.4, 0.5) is 21.0 Å². The zero-order valence-corrected chi connectivity index (χ0v) is 49.8. The molecule has 0 aliphatic carbocycles. The summed E-state index contributed by atoms with van der Waals surface area (Å²) in [5.74, 6) is -0.366. The second-order valence-electron chi connectivity index (χ2n) is 21.0. The Kier molecular flexibility index (Phi) is 21.2. The second-order valence-corrected chi connectivity index (χ2v) is 25.6. The van der Waals surface area contributed by atoms with Crippen LogP contribution in [-0.2, 0) is 29.0 Å². The number of aromatic nitrogens is 2. The number of alkyl halides is 1. The van der Waals surface area contributed by atoms with E-state index in [4.69, 9.17) is 23.2 Å². The van der Waals surface area contributed by atoms with Crippen LogP contribution in [0.15, 0.2) is 122 Å². The molecule has 420 valence electrons. The van der Waals surface area contributed by atoms with Crippen LogP contribution >= 0.6 is 23.2 Å². The van der Waals surface area contributed by atoms with Crippen molar-refractivity contribution < 1.29 is 40.4 Å². The molecule has 17 heteroatoms. The van der Waals surface area contributed by atoms with Gasteiger partial charge in [0, 0.05) is 6.54 Å². The van der Waals surface area contributed by atoms with Crippen molar-refractivity contribution in [1.82, 2.24) is 41.0 Å². The maximum atomic E-state index is 14.4. The van der Waals surface area contributed by atoms with E-state index >= 15 is 0 Å². The van der Waals surface area contributed by atoms with E-state index in [9.17, 15) is 19.2 Å². The third kappa shape index (κ3) is 16.3. The molecule has 0 spiro atoms. The third-order valence-electron chi connectivity index (χ3n) is 15.0. The van der Waals surface area contributed by atoms with E-state index in [1.54, 1.807) is 18.2 Å². The Labute approximate surface area is 485 Å². The summed E-state index contributed by atoms with van der Waals surface area (Å²) in [6, 6.07) is 33.1. The molecule has 0 bridgehead atoms. The number of hydrogen-bond acceptors (Lipinski definition) is 6. The molecule has 0 radical (unpaired) electrons. The van der Waals surface area contributed by atoms with E-state index < -0.39 is 45.4 Å². The molecule has 0 saturated carbocycles. The molecule has 1 aliphatic heterocycles. The predicted octanol–water partition coefficient (Wildman–Crippen LogP) is 8.97. The number of anilines is 2.